The predicted octanol–water partition coefficient (Wildman–Crippen LogP) is 3.00. The standard InChI is InChI=1S/C15H23NO2/c1-5-12(2)16(4)10-11-18-15-9-7-6-8-14(15)13(3)17/h6-9,12H,5,10-11H2,1-4H3. The summed E-state index contributed by atoms with van der Waals surface area (Å²) in [6, 6.07) is 7.95. The highest BCUT2D eigenvalue weighted by atomic mass is 16.5. The third-order valence-corrected chi connectivity index (χ3v) is 3.31. The van der Waals surface area contributed by atoms with Crippen LogP contribution >= 0.6 is 0 Å². The number of rotatable bonds is 7. The summed E-state index contributed by atoms with van der Waals surface area (Å²) >= 11 is 0. The molecule has 3 nitrogen and oxygen atoms in total. The SMILES string of the molecule is CCC(C)N(C)CCOc1ccccc1C(C)=O. The smallest absolute Gasteiger partial charge is 0.163 e. The molecule has 1 rings (SSSR count). The van der Waals surface area contributed by atoms with Gasteiger partial charge in [-0.2, -0.15) is 0 Å². The number of ether oxygens (including phenoxy) is 1. The largest absolute Gasteiger partial charge is 0.491 e. The fourth-order valence-electron chi connectivity index (χ4n) is 1.72. The maximum absolute atomic E-state index is 11.4. The second kappa shape index (κ2) is 7.17. The van der Waals surface area contributed by atoms with Gasteiger partial charge in [-0.05, 0) is 39.4 Å². The summed E-state index contributed by atoms with van der Waals surface area (Å²) in [6.07, 6.45) is 1.13. The molecular weight excluding hydrogens is 226 g/mol. The highest BCUT2D eigenvalue weighted by Crippen LogP contribution is 2.18. The second-order valence-electron chi connectivity index (χ2n) is 4.64. The molecule has 0 N–H and O–H groups in total. The zero-order valence-corrected chi connectivity index (χ0v) is 11.8. The van der Waals surface area contributed by atoms with E-state index >= 15 is 0 Å². The van der Waals surface area contributed by atoms with E-state index in [0.717, 1.165) is 13.0 Å². The molecule has 18 heavy (non-hydrogen) atoms. The van der Waals surface area contributed by atoms with Gasteiger partial charge in [0, 0.05) is 12.6 Å². The molecule has 0 fully saturated rings. The Bertz CT molecular complexity index is 390. The Morgan fingerprint density at radius 3 is 2.67 bits per heavy atom. The molecule has 3 heteroatoms. The van der Waals surface area contributed by atoms with Gasteiger partial charge >= 0.3 is 0 Å². The van der Waals surface area contributed by atoms with Crippen LogP contribution in [0, 0.1) is 0 Å². The van der Waals surface area contributed by atoms with E-state index in [1.165, 1.54) is 0 Å². The molecule has 1 aromatic rings. The molecule has 1 unspecified atom stereocenters. The minimum absolute atomic E-state index is 0.0425. The fourth-order valence-corrected chi connectivity index (χ4v) is 1.72. The summed E-state index contributed by atoms with van der Waals surface area (Å²) in [5.41, 5.74) is 0.656. The highest BCUT2D eigenvalue weighted by Gasteiger charge is 2.09. The van der Waals surface area contributed by atoms with E-state index < -0.39 is 0 Å². The first-order valence-electron chi connectivity index (χ1n) is 6.49. The van der Waals surface area contributed by atoms with Gasteiger partial charge in [0.25, 0.3) is 0 Å². The molecule has 0 saturated carbocycles. The van der Waals surface area contributed by atoms with Crippen LogP contribution in [0.4, 0.5) is 0 Å². The van der Waals surface area contributed by atoms with Crippen molar-refractivity contribution < 1.29 is 9.53 Å². The highest BCUT2D eigenvalue weighted by molar-refractivity contribution is 5.96. The molecule has 1 atom stereocenters. The van der Waals surface area contributed by atoms with Gasteiger partial charge in [-0.15, -0.1) is 0 Å². The number of carbonyl (C=O) groups is 1. The van der Waals surface area contributed by atoms with Gasteiger partial charge in [0.2, 0.25) is 0 Å². The van der Waals surface area contributed by atoms with Crippen molar-refractivity contribution in [3.63, 3.8) is 0 Å². The van der Waals surface area contributed by atoms with Gasteiger partial charge in [-0.1, -0.05) is 19.1 Å². The molecule has 0 saturated heterocycles. The molecule has 0 amide bonds. The number of carbonyl (C=O) groups excluding carboxylic acids is 1. The van der Waals surface area contributed by atoms with Crippen molar-refractivity contribution in [3.8, 4) is 5.75 Å². The third kappa shape index (κ3) is 4.15. The second-order valence-corrected chi connectivity index (χ2v) is 4.64. The quantitative estimate of drug-likeness (QED) is 0.696. The first-order valence-corrected chi connectivity index (χ1v) is 6.49. The Morgan fingerprint density at radius 2 is 2.06 bits per heavy atom. The lowest BCUT2D eigenvalue weighted by Gasteiger charge is -2.23. The van der Waals surface area contributed by atoms with Gasteiger partial charge in [-0.25, -0.2) is 0 Å². The van der Waals surface area contributed by atoms with Gasteiger partial charge < -0.3 is 9.64 Å². The Balaban J connectivity index is 2.51. The Kier molecular flexibility index (Phi) is 5.86. The molecule has 0 radical (unpaired) electrons. The minimum atomic E-state index is 0.0425. The molecule has 0 heterocycles. The number of likely N-dealkylation sites (N-methyl/N-ethyl adjacent to an activating group) is 1. The lowest BCUT2D eigenvalue weighted by atomic mass is 10.1. The summed E-state index contributed by atoms with van der Waals surface area (Å²) in [6.45, 7) is 7.40. The Hall–Kier alpha value is -1.35. The lowest BCUT2D eigenvalue weighted by molar-refractivity contribution is 0.101. The molecule has 0 aliphatic heterocycles. The van der Waals surface area contributed by atoms with Gasteiger partial charge in [-0.3, -0.25) is 4.79 Å². The van der Waals surface area contributed by atoms with Crippen LogP contribution in [0.5, 0.6) is 5.75 Å². The first kappa shape index (κ1) is 14.7. The van der Waals surface area contributed by atoms with Gasteiger partial charge in [0.15, 0.2) is 5.78 Å². The normalized spacial score (nSPS) is 12.5. The van der Waals surface area contributed by atoms with Crippen LogP contribution in [0.1, 0.15) is 37.6 Å². The predicted molar refractivity (Wildman–Crippen MR) is 74.3 cm³/mol. The molecule has 1 aromatic carbocycles. The van der Waals surface area contributed by atoms with E-state index in [1.807, 2.05) is 18.2 Å². The van der Waals surface area contributed by atoms with Crippen LogP contribution in [0.2, 0.25) is 0 Å². The van der Waals surface area contributed by atoms with Crippen LogP contribution in [0.3, 0.4) is 0 Å². The minimum Gasteiger partial charge on any atom is -0.491 e. The number of benzene rings is 1. The van der Waals surface area contributed by atoms with E-state index in [-0.39, 0.29) is 5.78 Å². The first-order chi connectivity index (χ1) is 8.56. The van der Waals surface area contributed by atoms with Crippen LogP contribution in [0.25, 0.3) is 0 Å². The number of hydrogen-bond acceptors (Lipinski definition) is 3. The van der Waals surface area contributed by atoms with Crippen molar-refractivity contribution in [2.75, 3.05) is 20.2 Å². The zero-order chi connectivity index (χ0) is 13.5. The lowest BCUT2D eigenvalue weighted by Crippen LogP contribution is -2.32. The Labute approximate surface area is 110 Å². The van der Waals surface area contributed by atoms with Crippen LogP contribution < -0.4 is 4.74 Å². The summed E-state index contributed by atoms with van der Waals surface area (Å²) in [5, 5.41) is 0. The molecule has 0 bridgehead atoms. The molecule has 0 aliphatic rings. The van der Waals surface area contributed by atoms with E-state index in [0.29, 0.717) is 24.0 Å². The van der Waals surface area contributed by atoms with E-state index in [9.17, 15) is 4.79 Å². The topological polar surface area (TPSA) is 29.5 Å². The number of para-hydroxylation sites is 1. The Morgan fingerprint density at radius 1 is 1.39 bits per heavy atom. The third-order valence-electron chi connectivity index (χ3n) is 3.31. The van der Waals surface area contributed by atoms with Crippen molar-refractivity contribution in [1.82, 2.24) is 4.90 Å². The molecule has 100 valence electrons. The molecule has 0 aliphatic carbocycles. The van der Waals surface area contributed by atoms with E-state index in [1.54, 1.807) is 13.0 Å². The fraction of sp³-hybridized carbons (Fsp3) is 0.533. The average molecular weight is 249 g/mol. The van der Waals surface area contributed by atoms with Crippen LogP contribution in [-0.2, 0) is 0 Å². The van der Waals surface area contributed by atoms with E-state index in [4.69, 9.17) is 4.74 Å². The van der Waals surface area contributed by atoms with Crippen molar-refractivity contribution in [2.24, 2.45) is 0 Å². The maximum atomic E-state index is 11.4. The van der Waals surface area contributed by atoms with Gasteiger partial charge in [0.1, 0.15) is 12.4 Å². The monoisotopic (exact) mass is 249 g/mol. The van der Waals surface area contributed by atoms with Crippen molar-refractivity contribution in [2.45, 2.75) is 33.2 Å². The summed E-state index contributed by atoms with van der Waals surface area (Å²) in [4.78, 5) is 13.7. The number of nitrogens with zero attached hydrogens (tertiary/aromatic N) is 1. The molecule has 0 aromatic heterocycles. The summed E-state index contributed by atoms with van der Waals surface area (Å²) in [7, 11) is 2.09. The van der Waals surface area contributed by atoms with Crippen LogP contribution in [0.15, 0.2) is 24.3 Å². The number of Topliss-reactive ketones (excluding diaryl/α,β-unsaturated/α-hetero) is 1. The average Bonchev–Trinajstić information content (AvgIpc) is 2.38. The molecule has 0 spiro atoms. The van der Waals surface area contributed by atoms with Crippen molar-refractivity contribution >= 4 is 5.78 Å². The number of hydrogen-bond donors (Lipinski definition) is 0. The van der Waals surface area contributed by atoms with E-state index in [2.05, 4.69) is 25.8 Å². The summed E-state index contributed by atoms with van der Waals surface area (Å²) < 4.78 is 5.70. The number of ketones is 1. The van der Waals surface area contributed by atoms with Crippen molar-refractivity contribution in [1.29, 1.82) is 0 Å². The zero-order valence-electron chi connectivity index (χ0n) is 11.8. The summed E-state index contributed by atoms with van der Waals surface area (Å²) in [5.74, 6) is 0.725. The van der Waals surface area contributed by atoms with Crippen molar-refractivity contribution in [3.05, 3.63) is 29.8 Å². The van der Waals surface area contributed by atoms with Crippen LogP contribution in [-0.4, -0.2) is 36.9 Å². The maximum Gasteiger partial charge on any atom is 0.163 e. The van der Waals surface area contributed by atoms with Gasteiger partial charge in [0.05, 0.1) is 5.56 Å². The molecular formula is C15H23NO2.